The molecule has 1 unspecified atom stereocenters. The molecule has 2 rings (SSSR count). The van der Waals surface area contributed by atoms with Crippen LogP contribution in [0.4, 0.5) is 13.2 Å². The molecule has 4 nitrogen and oxygen atoms in total. The first-order valence-corrected chi connectivity index (χ1v) is 5.34. The molecule has 0 bridgehead atoms. The van der Waals surface area contributed by atoms with E-state index in [1.54, 1.807) is 18.2 Å². The number of nitriles is 1. The van der Waals surface area contributed by atoms with E-state index in [2.05, 4.69) is 4.98 Å². The summed E-state index contributed by atoms with van der Waals surface area (Å²) in [5.74, 6) is -2.23. The van der Waals surface area contributed by atoms with Crippen molar-refractivity contribution in [3.63, 3.8) is 0 Å². The highest BCUT2D eigenvalue weighted by molar-refractivity contribution is 5.76. The molecule has 0 saturated heterocycles. The van der Waals surface area contributed by atoms with Crippen LogP contribution in [0.3, 0.4) is 0 Å². The highest BCUT2D eigenvalue weighted by atomic mass is 19.4. The molecule has 1 atom stereocenters. The van der Waals surface area contributed by atoms with Crippen LogP contribution in [0, 0.1) is 17.2 Å². The number of hydrogen-bond acceptors (Lipinski definition) is 3. The summed E-state index contributed by atoms with van der Waals surface area (Å²) in [6.45, 7) is -0.753. The number of nitrogens with zero attached hydrogens (tertiary/aromatic N) is 3. The Kier molecular flexibility index (Phi) is 3.25. The predicted molar refractivity (Wildman–Crippen MR) is 61.2 cm³/mol. The summed E-state index contributed by atoms with van der Waals surface area (Å²) in [5, 5.41) is 8.75. The Bertz CT molecular complexity index is 700. The first kappa shape index (κ1) is 13.1. The molecular weight excluding hydrogens is 259 g/mol. The Morgan fingerprint density at radius 1 is 1.37 bits per heavy atom. The van der Waals surface area contributed by atoms with Gasteiger partial charge in [0.05, 0.1) is 29.8 Å². The Morgan fingerprint density at radius 2 is 2.05 bits per heavy atom. The topological polar surface area (TPSA) is 58.7 Å². The number of alkyl halides is 3. The van der Waals surface area contributed by atoms with Crippen molar-refractivity contribution in [3.8, 4) is 6.07 Å². The van der Waals surface area contributed by atoms with Crippen molar-refractivity contribution in [2.75, 3.05) is 0 Å². The van der Waals surface area contributed by atoms with Gasteiger partial charge in [0.1, 0.15) is 0 Å². The summed E-state index contributed by atoms with van der Waals surface area (Å²) in [6.07, 6.45) is -3.64. The molecular formula is C12H8F3N3O. The monoisotopic (exact) mass is 267 g/mol. The van der Waals surface area contributed by atoms with Gasteiger partial charge >= 0.3 is 6.18 Å². The van der Waals surface area contributed by atoms with Gasteiger partial charge in [-0.25, -0.2) is 4.98 Å². The number of hydrogen-bond donors (Lipinski definition) is 0. The van der Waals surface area contributed by atoms with Crippen LogP contribution < -0.4 is 5.56 Å². The third kappa shape index (κ3) is 2.57. The number of para-hydroxylation sites is 1. The molecule has 0 aliphatic heterocycles. The molecule has 1 heterocycles. The van der Waals surface area contributed by atoms with Gasteiger partial charge < -0.3 is 0 Å². The van der Waals surface area contributed by atoms with Gasteiger partial charge in [-0.2, -0.15) is 18.4 Å². The van der Waals surface area contributed by atoms with E-state index < -0.39 is 24.2 Å². The van der Waals surface area contributed by atoms with E-state index in [0.717, 1.165) is 17.0 Å². The standard InChI is InChI=1S/C12H8F3N3O/c13-12(14,15)8(5-16)6-18-7-17-10-4-2-1-3-9(10)11(18)19/h1-4,7-8H,6H2. The molecule has 98 valence electrons. The minimum absolute atomic E-state index is 0.226. The molecule has 2 aromatic rings. The van der Waals surface area contributed by atoms with Gasteiger partial charge in [0.15, 0.2) is 5.92 Å². The second-order valence-electron chi connectivity index (χ2n) is 3.94. The average molecular weight is 267 g/mol. The number of rotatable bonds is 2. The van der Waals surface area contributed by atoms with Crippen LogP contribution in [-0.2, 0) is 6.54 Å². The molecule has 0 radical (unpaired) electrons. The lowest BCUT2D eigenvalue weighted by Gasteiger charge is -2.14. The minimum Gasteiger partial charge on any atom is -0.297 e. The normalized spacial score (nSPS) is 13.2. The fourth-order valence-electron chi connectivity index (χ4n) is 1.65. The maximum Gasteiger partial charge on any atom is 0.406 e. The van der Waals surface area contributed by atoms with Crippen molar-refractivity contribution in [3.05, 3.63) is 40.9 Å². The summed E-state index contributed by atoms with van der Waals surface area (Å²) >= 11 is 0. The van der Waals surface area contributed by atoms with Gasteiger partial charge in [-0.3, -0.25) is 9.36 Å². The number of fused-ring (bicyclic) bond motifs is 1. The quantitative estimate of drug-likeness (QED) is 0.837. The molecule has 0 amide bonds. The van der Waals surface area contributed by atoms with Crippen LogP contribution in [0.2, 0.25) is 0 Å². The van der Waals surface area contributed by atoms with Gasteiger partial charge in [0.25, 0.3) is 5.56 Å². The molecule has 7 heteroatoms. The van der Waals surface area contributed by atoms with Crippen LogP contribution in [0.15, 0.2) is 35.4 Å². The van der Waals surface area contributed by atoms with Crippen molar-refractivity contribution in [2.24, 2.45) is 5.92 Å². The second kappa shape index (κ2) is 4.72. The van der Waals surface area contributed by atoms with E-state index in [1.165, 1.54) is 6.07 Å². The van der Waals surface area contributed by atoms with E-state index in [-0.39, 0.29) is 5.39 Å². The van der Waals surface area contributed by atoms with Crippen LogP contribution in [0.5, 0.6) is 0 Å². The molecule has 0 aliphatic carbocycles. The van der Waals surface area contributed by atoms with E-state index in [1.807, 2.05) is 0 Å². The fraction of sp³-hybridized carbons (Fsp3) is 0.250. The Morgan fingerprint density at radius 3 is 2.68 bits per heavy atom. The summed E-state index contributed by atoms with van der Waals surface area (Å²) in [5.41, 5.74) is -0.181. The molecule has 19 heavy (non-hydrogen) atoms. The lowest BCUT2D eigenvalue weighted by Crippen LogP contribution is -2.31. The summed E-state index contributed by atoms with van der Waals surface area (Å²) in [7, 11) is 0. The smallest absolute Gasteiger partial charge is 0.297 e. The van der Waals surface area contributed by atoms with Gasteiger partial charge in [-0.15, -0.1) is 0 Å². The predicted octanol–water partition coefficient (Wildman–Crippen LogP) is 2.10. The van der Waals surface area contributed by atoms with Gasteiger partial charge in [0, 0.05) is 0 Å². The maximum atomic E-state index is 12.5. The van der Waals surface area contributed by atoms with Gasteiger partial charge in [0.2, 0.25) is 0 Å². The summed E-state index contributed by atoms with van der Waals surface area (Å²) in [6, 6.07) is 7.50. The van der Waals surface area contributed by atoms with Crippen molar-refractivity contribution >= 4 is 10.9 Å². The molecule has 0 fully saturated rings. The average Bonchev–Trinajstić information content (AvgIpc) is 2.37. The molecule has 0 spiro atoms. The van der Waals surface area contributed by atoms with Crippen molar-refractivity contribution in [1.82, 2.24) is 9.55 Å². The second-order valence-corrected chi connectivity index (χ2v) is 3.94. The molecule has 0 N–H and O–H groups in total. The fourth-order valence-corrected chi connectivity index (χ4v) is 1.65. The first-order valence-electron chi connectivity index (χ1n) is 5.34. The zero-order valence-corrected chi connectivity index (χ0v) is 9.55. The minimum atomic E-state index is -4.67. The Balaban J connectivity index is 2.45. The molecule has 0 saturated carbocycles. The summed E-state index contributed by atoms with van der Waals surface area (Å²) in [4.78, 5) is 15.9. The van der Waals surface area contributed by atoms with Crippen molar-refractivity contribution in [2.45, 2.75) is 12.7 Å². The first-order chi connectivity index (χ1) is 8.93. The van der Waals surface area contributed by atoms with Crippen molar-refractivity contribution < 1.29 is 13.2 Å². The highest BCUT2D eigenvalue weighted by Gasteiger charge is 2.40. The molecule has 1 aromatic carbocycles. The maximum absolute atomic E-state index is 12.5. The highest BCUT2D eigenvalue weighted by Crippen LogP contribution is 2.26. The summed E-state index contributed by atoms with van der Waals surface area (Å²) < 4.78 is 38.3. The Hall–Kier alpha value is -2.36. The SMILES string of the molecule is N#CC(Cn1cnc2ccccc2c1=O)C(F)(F)F. The van der Waals surface area contributed by atoms with Crippen LogP contribution in [0.25, 0.3) is 10.9 Å². The van der Waals surface area contributed by atoms with Gasteiger partial charge in [-0.1, -0.05) is 12.1 Å². The zero-order valence-electron chi connectivity index (χ0n) is 9.55. The van der Waals surface area contributed by atoms with E-state index >= 15 is 0 Å². The number of halogens is 3. The lowest BCUT2D eigenvalue weighted by molar-refractivity contribution is -0.162. The van der Waals surface area contributed by atoms with Crippen LogP contribution in [-0.4, -0.2) is 15.7 Å². The lowest BCUT2D eigenvalue weighted by atomic mass is 10.1. The third-order valence-electron chi connectivity index (χ3n) is 2.66. The zero-order chi connectivity index (χ0) is 14.0. The number of aromatic nitrogens is 2. The third-order valence-corrected chi connectivity index (χ3v) is 2.66. The largest absolute Gasteiger partial charge is 0.406 e. The van der Waals surface area contributed by atoms with Crippen LogP contribution >= 0.6 is 0 Å². The molecule has 0 aliphatic rings. The Labute approximate surface area is 105 Å². The molecule has 1 aromatic heterocycles. The number of benzene rings is 1. The van der Waals surface area contributed by atoms with E-state index in [4.69, 9.17) is 5.26 Å². The van der Waals surface area contributed by atoms with E-state index in [0.29, 0.717) is 5.52 Å². The van der Waals surface area contributed by atoms with Crippen LogP contribution in [0.1, 0.15) is 0 Å². The van der Waals surface area contributed by atoms with E-state index in [9.17, 15) is 18.0 Å². The van der Waals surface area contributed by atoms with Crippen molar-refractivity contribution in [1.29, 1.82) is 5.26 Å². The van der Waals surface area contributed by atoms with Gasteiger partial charge in [-0.05, 0) is 12.1 Å².